The van der Waals surface area contributed by atoms with Gasteiger partial charge in [-0.3, -0.25) is 4.90 Å². The maximum absolute atomic E-state index is 3.94. The molecule has 0 spiro atoms. The molecular weight excluding hydrogens is 220 g/mol. The highest BCUT2D eigenvalue weighted by atomic mass is 15.2. The van der Waals surface area contributed by atoms with Gasteiger partial charge in [-0.2, -0.15) is 0 Å². The Hall–Kier alpha value is -0.0800. The van der Waals surface area contributed by atoms with Crippen LogP contribution < -0.4 is 5.32 Å². The minimum Gasteiger partial charge on any atom is -0.312 e. The van der Waals surface area contributed by atoms with E-state index in [9.17, 15) is 0 Å². The molecule has 3 rings (SSSR count). The van der Waals surface area contributed by atoms with Crippen molar-refractivity contribution in [3.63, 3.8) is 0 Å². The van der Waals surface area contributed by atoms with Gasteiger partial charge in [0.05, 0.1) is 0 Å². The third-order valence-electron chi connectivity index (χ3n) is 5.79. The summed E-state index contributed by atoms with van der Waals surface area (Å²) in [5, 5.41) is 3.94. The molecule has 1 saturated carbocycles. The zero-order valence-corrected chi connectivity index (χ0v) is 12.0. The fourth-order valence-corrected chi connectivity index (χ4v) is 4.48. The van der Waals surface area contributed by atoms with Crippen molar-refractivity contribution in [1.82, 2.24) is 10.2 Å². The lowest BCUT2D eigenvalue weighted by Crippen LogP contribution is -2.46. The van der Waals surface area contributed by atoms with E-state index in [-0.39, 0.29) is 0 Å². The van der Waals surface area contributed by atoms with E-state index in [4.69, 9.17) is 0 Å². The second-order valence-electron chi connectivity index (χ2n) is 6.92. The summed E-state index contributed by atoms with van der Waals surface area (Å²) in [5.74, 6) is 1.91. The van der Waals surface area contributed by atoms with Crippen molar-refractivity contribution in [2.45, 2.75) is 70.4 Å². The molecule has 2 aliphatic heterocycles. The molecule has 2 saturated heterocycles. The Labute approximate surface area is 113 Å². The minimum absolute atomic E-state index is 0.805. The van der Waals surface area contributed by atoms with Crippen LogP contribution >= 0.6 is 0 Å². The minimum atomic E-state index is 0.805. The standard InChI is InChI=1S/C16H30N2/c1-13-6-2-3-7-14(13)12-17-15-9-11-18-10-5-4-8-16(15)18/h13-17H,2-12H2,1H3. The Morgan fingerprint density at radius 1 is 0.944 bits per heavy atom. The molecule has 18 heavy (non-hydrogen) atoms. The van der Waals surface area contributed by atoms with Gasteiger partial charge >= 0.3 is 0 Å². The molecule has 4 unspecified atom stereocenters. The average molecular weight is 250 g/mol. The first-order valence-corrected chi connectivity index (χ1v) is 8.32. The van der Waals surface area contributed by atoms with Crippen LogP contribution in [-0.4, -0.2) is 36.6 Å². The number of hydrogen-bond donors (Lipinski definition) is 1. The Morgan fingerprint density at radius 3 is 2.67 bits per heavy atom. The summed E-state index contributed by atoms with van der Waals surface area (Å²) >= 11 is 0. The van der Waals surface area contributed by atoms with Gasteiger partial charge in [0.25, 0.3) is 0 Å². The monoisotopic (exact) mass is 250 g/mol. The van der Waals surface area contributed by atoms with Crippen molar-refractivity contribution in [3.05, 3.63) is 0 Å². The normalized spacial score (nSPS) is 41.8. The second kappa shape index (κ2) is 5.92. The first-order valence-electron chi connectivity index (χ1n) is 8.32. The van der Waals surface area contributed by atoms with E-state index in [0.29, 0.717) is 0 Å². The molecule has 0 aromatic carbocycles. The third-order valence-corrected chi connectivity index (χ3v) is 5.79. The molecular formula is C16H30N2. The Balaban J connectivity index is 1.48. The molecule has 104 valence electrons. The van der Waals surface area contributed by atoms with Gasteiger partial charge in [-0.1, -0.05) is 32.6 Å². The van der Waals surface area contributed by atoms with E-state index in [2.05, 4.69) is 17.1 Å². The topological polar surface area (TPSA) is 15.3 Å². The van der Waals surface area contributed by atoms with Crippen LogP contribution in [0.2, 0.25) is 0 Å². The largest absolute Gasteiger partial charge is 0.312 e. The summed E-state index contributed by atoms with van der Waals surface area (Å²) in [7, 11) is 0. The van der Waals surface area contributed by atoms with Crippen molar-refractivity contribution in [2.24, 2.45) is 11.8 Å². The molecule has 0 bridgehead atoms. The van der Waals surface area contributed by atoms with Gasteiger partial charge < -0.3 is 5.32 Å². The van der Waals surface area contributed by atoms with Crippen LogP contribution in [0.4, 0.5) is 0 Å². The molecule has 2 nitrogen and oxygen atoms in total. The van der Waals surface area contributed by atoms with Crippen LogP contribution in [0.5, 0.6) is 0 Å². The zero-order chi connectivity index (χ0) is 12.4. The number of hydrogen-bond acceptors (Lipinski definition) is 2. The lowest BCUT2D eigenvalue weighted by atomic mass is 9.80. The van der Waals surface area contributed by atoms with Crippen molar-refractivity contribution in [1.29, 1.82) is 0 Å². The quantitative estimate of drug-likeness (QED) is 0.828. The summed E-state index contributed by atoms with van der Waals surface area (Å²) in [6, 6.07) is 1.68. The van der Waals surface area contributed by atoms with Crippen LogP contribution in [0.3, 0.4) is 0 Å². The van der Waals surface area contributed by atoms with Crippen molar-refractivity contribution in [2.75, 3.05) is 19.6 Å². The maximum Gasteiger partial charge on any atom is 0.0249 e. The van der Waals surface area contributed by atoms with Crippen molar-refractivity contribution in [3.8, 4) is 0 Å². The molecule has 2 heterocycles. The van der Waals surface area contributed by atoms with Crippen LogP contribution in [0, 0.1) is 11.8 Å². The predicted octanol–water partition coefficient (Wildman–Crippen LogP) is 3.03. The molecule has 3 aliphatic rings. The lowest BCUT2D eigenvalue weighted by molar-refractivity contribution is 0.172. The SMILES string of the molecule is CC1CCCCC1CNC1CCN2CCCCC12. The van der Waals surface area contributed by atoms with Gasteiger partial charge in [0.1, 0.15) is 0 Å². The van der Waals surface area contributed by atoms with Gasteiger partial charge in [-0.25, -0.2) is 0 Å². The zero-order valence-electron chi connectivity index (χ0n) is 12.0. The summed E-state index contributed by atoms with van der Waals surface area (Å²) in [4.78, 5) is 2.74. The van der Waals surface area contributed by atoms with E-state index in [1.54, 1.807) is 0 Å². The van der Waals surface area contributed by atoms with Crippen LogP contribution in [0.15, 0.2) is 0 Å². The van der Waals surface area contributed by atoms with E-state index >= 15 is 0 Å². The smallest absolute Gasteiger partial charge is 0.0249 e. The Bertz CT molecular complexity index is 266. The summed E-state index contributed by atoms with van der Waals surface area (Å²) in [6.45, 7) is 6.47. The first kappa shape index (κ1) is 12.9. The second-order valence-corrected chi connectivity index (χ2v) is 6.92. The summed E-state index contributed by atoms with van der Waals surface area (Å²) < 4.78 is 0. The highest BCUT2D eigenvalue weighted by Crippen LogP contribution is 2.31. The molecule has 1 aliphatic carbocycles. The summed E-state index contributed by atoms with van der Waals surface area (Å²) in [5.41, 5.74) is 0. The number of rotatable bonds is 3. The van der Waals surface area contributed by atoms with Gasteiger partial charge in [0, 0.05) is 18.6 Å². The third kappa shape index (κ3) is 2.75. The molecule has 0 aromatic heterocycles. The predicted molar refractivity (Wildman–Crippen MR) is 76.7 cm³/mol. The van der Waals surface area contributed by atoms with E-state index in [1.807, 2.05) is 0 Å². The molecule has 0 amide bonds. The fourth-order valence-electron chi connectivity index (χ4n) is 4.48. The molecule has 2 heteroatoms. The Morgan fingerprint density at radius 2 is 1.78 bits per heavy atom. The highest BCUT2D eigenvalue weighted by molar-refractivity contribution is 4.94. The number of nitrogens with zero attached hydrogens (tertiary/aromatic N) is 1. The van der Waals surface area contributed by atoms with Gasteiger partial charge in [-0.05, 0) is 50.6 Å². The van der Waals surface area contributed by atoms with Gasteiger partial charge in [0.2, 0.25) is 0 Å². The maximum atomic E-state index is 3.94. The van der Waals surface area contributed by atoms with Crippen LogP contribution in [-0.2, 0) is 0 Å². The summed E-state index contributed by atoms with van der Waals surface area (Å²) in [6.07, 6.45) is 11.6. The van der Waals surface area contributed by atoms with Crippen molar-refractivity contribution < 1.29 is 0 Å². The van der Waals surface area contributed by atoms with E-state index in [1.165, 1.54) is 71.0 Å². The van der Waals surface area contributed by atoms with Crippen LogP contribution in [0.25, 0.3) is 0 Å². The number of piperidine rings is 1. The molecule has 0 radical (unpaired) electrons. The highest BCUT2D eigenvalue weighted by Gasteiger charge is 2.35. The first-order chi connectivity index (χ1) is 8.84. The Kier molecular flexibility index (Phi) is 4.25. The van der Waals surface area contributed by atoms with E-state index < -0.39 is 0 Å². The number of fused-ring (bicyclic) bond motifs is 1. The molecule has 3 fully saturated rings. The molecule has 1 N–H and O–H groups in total. The van der Waals surface area contributed by atoms with Crippen LogP contribution in [0.1, 0.15) is 58.3 Å². The lowest BCUT2D eigenvalue weighted by Gasteiger charge is -2.35. The van der Waals surface area contributed by atoms with E-state index in [0.717, 1.165) is 23.9 Å². The number of nitrogens with one attached hydrogen (secondary N) is 1. The molecule has 0 aromatic rings. The average Bonchev–Trinajstić information content (AvgIpc) is 2.81. The fraction of sp³-hybridized carbons (Fsp3) is 1.00. The van der Waals surface area contributed by atoms with Crippen molar-refractivity contribution >= 4 is 0 Å². The molecule has 4 atom stereocenters. The van der Waals surface area contributed by atoms with Gasteiger partial charge in [-0.15, -0.1) is 0 Å². The van der Waals surface area contributed by atoms with Gasteiger partial charge in [0.15, 0.2) is 0 Å².